The van der Waals surface area contributed by atoms with Gasteiger partial charge in [0.2, 0.25) is 5.82 Å². The molecule has 0 unspecified atom stereocenters. The summed E-state index contributed by atoms with van der Waals surface area (Å²) in [6, 6.07) is 11.2. The molecule has 0 bridgehead atoms. The maximum Gasteiger partial charge on any atom is 0.259 e. The predicted molar refractivity (Wildman–Crippen MR) is 80.6 cm³/mol. The van der Waals surface area contributed by atoms with Gasteiger partial charge in [-0.15, -0.1) is 0 Å². The molecular weight excluding hydrogens is 268 g/mol. The Morgan fingerprint density at radius 2 is 2.00 bits per heavy atom. The summed E-state index contributed by atoms with van der Waals surface area (Å²) in [5, 5.41) is 4.08. The highest BCUT2D eigenvalue weighted by molar-refractivity contribution is 5.79. The summed E-state index contributed by atoms with van der Waals surface area (Å²) in [5.41, 5.74) is 4.39. The van der Waals surface area contributed by atoms with Crippen molar-refractivity contribution in [2.45, 2.75) is 6.92 Å². The van der Waals surface area contributed by atoms with Gasteiger partial charge < -0.3 is 9.15 Å². The van der Waals surface area contributed by atoms with Gasteiger partial charge in [-0.05, 0) is 31.2 Å². The first-order valence-corrected chi connectivity index (χ1v) is 6.59. The molecule has 0 saturated heterocycles. The van der Waals surface area contributed by atoms with E-state index >= 15 is 0 Å². The molecule has 0 aliphatic rings. The van der Waals surface area contributed by atoms with Gasteiger partial charge in [0.25, 0.3) is 5.88 Å². The fourth-order valence-corrected chi connectivity index (χ4v) is 1.82. The molecule has 6 heteroatoms. The number of nitrogens with zero attached hydrogens (tertiary/aromatic N) is 3. The van der Waals surface area contributed by atoms with E-state index < -0.39 is 0 Å². The molecule has 2 aromatic heterocycles. The van der Waals surface area contributed by atoms with Gasteiger partial charge in [0, 0.05) is 0 Å². The fourth-order valence-electron chi connectivity index (χ4n) is 1.82. The van der Waals surface area contributed by atoms with Crippen molar-refractivity contribution in [2.24, 2.45) is 5.10 Å². The number of rotatable bonds is 5. The van der Waals surface area contributed by atoms with Gasteiger partial charge in [0.05, 0.1) is 30.1 Å². The van der Waals surface area contributed by atoms with Gasteiger partial charge in [-0.3, -0.25) is 5.43 Å². The quantitative estimate of drug-likeness (QED) is 0.575. The summed E-state index contributed by atoms with van der Waals surface area (Å²) in [6.45, 7) is 2.40. The lowest BCUT2D eigenvalue weighted by Crippen LogP contribution is -2.03. The Kier molecular flexibility index (Phi) is 3.77. The first-order chi connectivity index (χ1) is 10.4. The van der Waals surface area contributed by atoms with Crippen LogP contribution < -0.4 is 10.2 Å². The highest BCUT2D eigenvalue weighted by Gasteiger charge is 2.08. The van der Waals surface area contributed by atoms with E-state index in [9.17, 15) is 0 Å². The first-order valence-electron chi connectivity index (χ1n) is 6.59. The van der Waals surface area contributed by atoms with Crippen LogP contribution in [0.5, 0.6) is 5.88 Å². The van der Waals surface area contributed by atoms with Crippen molar-refractivity contribution in [3.8, 4) is 5.88 Å². The van der Waals surface area contributed by atoms with Crippen LogP contribution in [0.25, 0.3) is 11.0 Å². The minimum absolute atomic E-state index is 0.424. The van der Waals surface area contributed by atoms with E-state index in [-0.39, 0.29) is 0 Å². The number of hydrogen-bond acceptors (Lipinski definition) is 6. The molecule has 0 atom stereocenters. The van der Waals surface area contributed by atoms with Crippen molar-refractivity contribution >= 4 is 23.1 Å². The normalized spacial score (nSPS) is 11.1. The zero-order chi connectivity index (χ0) is 14.5. The van der Waals surface area contributed by atoms with E-state index in [2.05, 4.69) is 20.5 Å². The number of fused-ring (bicyclic) bond motifs is 1. The number of hydrogen-bond donors (Lipinski definition) is 1. The lowest BCUT2D eigenvalue weighted by Gasteiger charge is -2.08. The van der Waals surface area contributed by atoms with Crippen molar-refractivity contribution in [1.29, 1.82) is 0 Å². The number of ether oxygens (including phenoxy) is 1. The van der Waals surface area contributed by atoms with Gasteiger partial charge in [-0.2, -0.15) is 5.10 Å². The molecule has 0 aliphatic heterocycles. The van der Waals surface area contributed by atoms with Crippen LogP contribution in [0.15, 0.2) is 52.2 Å². The number of furan rings is 1. The lowest BCUT2D eigenvalue weighted by molar-refractivity contribution is 0.328. The number of nitrogens with one attached hydrogen (secondary N) is 1. The molecule has 1 aromatic carbocycles. The molecule has 2 heterocycles. The van der Waals surface area contributed by atoms with Crippen LogP contribution in [0.2, 0.25) is 0 Å². The van der Waals surface area contributed by atoms with E-state index in [4.69, 9.17) is 9.15 Å². The van der Waals surface area contributed by atoms with Gasteiger partial charge in [-0.25, -0.2) is 9.97 Å². The second kappa shape index (κ2) is 6.04. The Morgan fingerprint density at radius 1 is 1.19 bits per heavy atom. The zero-order valence-corrected chi connectivity index (χ0v) is 11.5. The summed E-state index contributed by atoms with van der Waals surface area (Å²) < 4.78 is 10.7. The smallest absolute Gasteiger partial charge is 0.259 e. The van der Waals surface area contributed by atoms with Crippen LogP contribution >= 0.6 is 0 Å². The molecule has 0 spiro atoms. The third kappa shape index (κ3) is 3.00. The third-order valence-electron chi connectivity index (χ3n) is 2.73. The molecule has 0 saturated carbocycles. The minimum atomic E-state index is 0.424. The van der Waals surface area contributed by atoms with E-state index in [1.165, 1.54) is 0 Å². The van der Waals surface area contributed by atoms with Crippen LogP contribution in [-0.2, 0) is 0 Å². The van der Waals surface area contributed by atoms with Gasteiger partial charge in [-0.1, -0.05) is 12.1 Å². The van der Waals surface area contributed by atoms with Crippen LogP contribution in [0.1, 0.15) is 12.7 Å². The van der Waals surface area contributed by atoms with Crippen LogP contribution in [0.3, 0.4) is 0 Å². The maximum absolute atomic E-state index is 5.50. The summed E-state index contributed by atoms with van der Waals surface area (Å²) in [7, 11) is 0. The summed E-state index contributed by atoms with van der Waals surface area (Å²) in [4.78, 5) is 8.91. The zero-order valence-electron chi connectivity index (χ0n) is 11.5. The number of para-hydroxylation sites is 2. The SMILES string of the molecule is CCOc1nc2ccccc2nc1N/N=C\c1ccco1. The maximum atomic E-state index is 5.50. The van der Waals surface area contributed by atoms with Crippen molar-refractivity contribution in [2.75, 3.05) is 12.0 Å². The van der Waals surface area contributed by atoms with E-state index in [1.807, 2.05) is 31.2 Å². The Morgan fingerprint density at radius 3 is 2.71 bits per heavy atom. The standard InChI is InChI=1S/C15H14N4O2/c1-2-20-15-14(19-16-10-11-6-5-9-21-11)17-12-7-3-4-8-13(12)18-15/h3-10H,2H2,1H3,(H,17,19)/b16-10-. The van der Waals surface area contributed by atoms with Gasteiger partial charge in [0.15, 0.2) is 0 Å². The molecule has 6 nitrogen and oxygen atoms in total. The molecule has 106 valence electrons. The Balaban J connectivity index is 1.89. The van der Waals surface area contributed by atoms with Crippen molar-refractivity contribution in [3.63, 3.8) is 0 Å². The molecule has 1 N–H and O–H groups in total. The number of benzene rings is 1. The van der Waals surface area contributed by atoms with Gasteiger partial charge >= 0.3 is 0 Å². The van der Waals surface area contributed by atoms with Crippen molar-refractivity contribution in [1.82, 2.24) is 9.97 Å². The minimum Gasteiger partial charge on any atom is -0.475 e. The number of anilines is 1. The third-order valence-corrected chi connectivity index (χ3v) is 2.73. The van der Waals surface area contributed by atoms with Gasteiger partial charge in [0.1, 0.15) is 5.76 Å². The van der Waals surface area contributed by atoms with E-state index in [1.54, 1.807) is 24.6 Å². The summed E-state index contributed by atoms with van der Waals surface area (Å²) in [6.07, 6.45) is 3.15. The molecule has 0 aliphatic carbocycles. The Hall–Kier alpha value is -2.89. The second-order valence-corrected chi connectivity index (χ2v) is 4.18. The summed E-state index contributed by atoms with van der Waals surface area (Å²) >= 11 is 0. The summed E-state index contributed by atoms with van der Waals surface area (Å²) in [5.74, 6) is 1.54. The highest BCUT2D eigenvalue weighted by atomic mass is 16.5. The Labute approximate surface area is 121 Å². The molecule has 21 heavy (non-hydrogen) atoms. The van der Waals surface area contributed by atoms with Crippen molar-refractivity contribution in [3.05, 3.63) is 48.4 Å². The van der Waals surface area contributed by atoms with Crippen molar-refractivity contribution < 1.29 is 9.15 Å². The molecule has 3 aromatic rings. The lowest BCUT2D eigenvalue weighted by atomic mass is 10.3. The van der Waals surface area contributed by atoms with Crippen LogP contribution in [0, 0.1) is 0 Å². The van der Waals surface area contributed by atoms with E-state index in [0.717, 1.165) is 11.0 Å². The Bertz CT molecular complexity index is 753. The second-order valence-electron chi connectivity index (χ2n) is 4.18. The topological polar surface area (TPSA) is 72.5 Å². The highest BCUT2D eigenvalue weighted by Crippen LogP contribution is 2.23. The molecule has 0 amide bonds. The number of aromatic nitrogens is 2. The molecule has 0 fully saturated rings. The number of hydrazone groups is 1. The molecular formula is C15H14N4O2. The molecule has 3 rings (SSSR count). The van der Waals surface area contributed by atoms with Crippen LogP contribution in [-0.4, -0.2) is 22.8 Å². The van der Waals surface area contributed by atoms with E-state index in [0.29, 0.717) is 24.1 Å². The van der Waals surface area contributed by atoms with Crippen LogP contribution in [0.4, 0.5) is 5.82 Å². The average Bonchev–Trinajstić information content (AvgIpc) is 3.01. The largest absolute Gasteiger partial charge is 0.475 e. The fraction of sp³-hybridized carbons (Fsp3) is 0.133. The molecule has 0 radical (unpaired) electrons. The monoisotopic (exact) mass is 282 g/mol. The first kappa shape index (κ1) is 13.1. The average molecular weight is 282 g/mol. The predicted octanol–water partition coefficient (Wildman–Crippen LogP) is 3.07.